The summed E-state index contributed by atoms with van der Waals surface area (Å²) in [7, 11) is 2.07. The monoisotopic (exact) mass is 395 g/mol. The highest BCUT2D eigenvalue weighted by molar-refractivity contribution is 5.97. The van der Waals surface area contributed by atoms with Crippen molar-refractivity contribution < 1.29 is 9.59 Å². The van der Waals surface area contributed by atoms with Crippen LogP contribution in [0.1, 0.15) is 45.2 Å². The summed E-state index contributed by atoms with van der Waals surface area (Å²) < 4.78 is 1.98. The van der Waals surface area contributed by atoms with Gasteiger partial charge in [-0.1, -0.05) is 30.3 Å². The lowest BCUT2D eigenvalue weighted by atomic mass is 10.1. The first kappa shape index (κ1) is 19.6. The van der Waals surface area contributed by atoms with Gasteiger partial charge in [-0.15, -0.1) is 0 Å². The summed E-state index contributed by atoms with van der Waals surface area (Å²) in [6.07, 6.45) is 3.61. The molecule has 2 aliphatic rings. The number of amides is 2. The highest BCUT2D eigenvalue weighted by atomic mass is 16.2. The molecule has 1 N–H and O–H groups in total. The summed E-state index contributed by atoms with van der Waals surface area (Å²) >= 11 is 0. The van der Waals surface area contributed by atoms with Gasteiger partial charge in [0.05, 0.1) is 5.69 Å². The summed E-state index contributed by atoms with van der Waals surface area (Å²) in [6, 6.07) is 10.1. The molecule has 2 amide bonds. The van der Waals surface area contributed by atoms with Crippen LogP contribution >= 0.6 is 0 Å². The molecule has 0 spiro atoms. The molecule has 0 aliphatic carbocycles. The fourth-order valence-electron chi connectivity index (χ4n) is 4.09. The number of rotatable bonds is 5. The number of hydrogen-bond acceptors (Lipinski definition) is 4. The van der Waals surface area contributed by atoms with Crippen LogP contribution in [0.5, 0.6) is 0 Å². The molecule has 0 atom stereocenters. The fraction of sp³-hybridized carbons (Fsp3) is 0.500. The van der Waals surface area contributed by atoms with Crippen molar-refractivity contribution >= 4 is 11.8 Å². The average Bonchev–Trinajstić information content (AvgIpc) is 3.14. The Balaban J connectivity index is 1.48. The molecule has 7 nitrogen and oxygen atoms in total. The predicted molar refractivity (Wildman–Crippen MR) is 111 cm³/mol. The first-order valence-corrected chi connectivity index (χ1v) is 10.5. The quantitative estimate of drug-likeness (QED) is 0.835. The van der Waals surface area contributed by atoms with Gasteiger partial charge in [0.2, 0.25) is 0 Å². The third kappa shape index (κ3) is 4.34. The molecule has 0 radical (unpaired) electrons. The van der Waals surface area contributed by atoms with Crippen molar-refractivity contribution in [2.45, 2.75) is 32.2 Å². The van der Waals surface area contributed by atoms with E-state index in [1.165, 1.54) is 5.56 Å². The molecular weight excluding hydrogens is 366 g/mol. The maximum atomic E-state index is 13.1. The minimum atomic E-state index is -0.177. The molecule has 0 saturated carbocycles. The van der Waals surface area contributed by atoms with Gasteiger partial charge in [0.25, 0.3) is 11.8 Å². The standard InChI is InChI=1S/C22H29N5O2/c1-25-13-15-26(16-14-25)22(29)20-24-19(18-9-5-6-12-27(18)20)21(28)23-11-10-17-7-3-2-4-8-17/h2-4,7-8H,5-6,9-16H2,1H3,(H,23,28). The van der Waals surface area contributed by atoms with Gasteiger partial charge >= 0.3 is 0 Å². The number of imidazole rings is 1. The molecule has 0 unspecified atom stereocenters. The van der Waals surface area contributed by atoms with Crippen LogP contribution < -0.4 is 5.32 Å². The maximum Gasteiger partial charge on any atom is 0.289 e. The van der Waals surface area contributed by atoms with Gasteiger partial charge in [0, 0.05) is 39.3 Å². The van der Waals surface area contributed by atoms with Crippen molar-refractivity contribution in [1.82, 2.24) is 24.7 Å². The van der Waals surface area contributed by atoms with Crippen LogP contribution in [0.15, 0.2) is 30.3 Å². The van der Waals surface area contributed by atoms with Crippen molar-refractivity contribution in [3.05, 3.63) is 53.1 Å². The Labute approximate surface area is 171 Å². The lowest BCUT2D eigenvalue weighted by molar-refractivity contribution is 0.0645. The number of benzene rings is 1. The highest BCUT2D eigenvalue weighted by Gasteiger charge is 2.30. The minimum absolute atomic E-state index is 0.0513. The summed E-state index contributed by atoms with van der Waals surface area (Å²) in [5.74, 6) is 0.200. The van der Waals surface area contributed by atoms with E-state index in [1.54, 1.807) is 0 Å². The topological polar surface area (TPSA) is 70.5 Å². The molecular formula is C22H29N5O2. The number of likely N-dealkylation sites (N-methyl/N-ethyl adjacent to an activating group) is 1. The van der Waals surface area contributed by atoms with E-state index in [2.05, 4.69) is 34.4 Å². The van der Waals surface area contributed by atoms with Crippen LogP contribution in [0, 0.1) is 0 Å². The van der Waals surface area contributed by atoms with Crippen LogP contribution in [0.3, 0.4) is 0 Å². The lowest BCUT2D eigenvalue weighted by Crippen LogP contribution is -2.47. The van der Waals surface area contributed by atoms with Crippen LogP contribution in [0.25, 0.3) is 0 Å². The smallest absolute Gasteiger partial charge is 0.289 e. The summed E-state index contributed by atoms with van der Waals surface area (Å²) in [6.45, 7) is 4.45. The van der Waals surface area contributed by atoms with E-state index in [1.807, 2.05) is 27.7 Å². The largest absolute Gasteiger partial charge is 0.350 e. The molecule has 2 aromatic rings. The number of piperazine rings is 1. The third-order valence-electron chi connectivity index (χ3n) is 5.86. The van der Waals surface area contributed by atoms with E-state index in [0.717, 1.165) is 51.0 Å². The van der Waals surface area contributed by atoms with Crippen LogP contribution in [0.2, 0.25) is 0 Å². The Hall–Kier alpha value is -2.67. The molecule has 29 heavy (non-hydrogen) atoms. The van der Waals surface area contributed by atoms with Crippen LogP contribution in [-0.4, -0.2) is 70.9 Å². The zero-order valence-electron chi connectivity index (χ0n) is 17.1. The van der Waals surface area contributed by atoms with E-state index in [4.69, 9.17) is 0 Å². The zero-order valence-corrected chi connectivity index (χ0v) is 17.1. The average molecular weight is 396 g/mol. The molecule has 1 aromatic heterocycles. The van der Waals surface area contributed by atoms with Gasteiger partial charge < -0.3 is 19.7 Å². The molecule has 0 bridgehead atoms. The second-order valence-corrected chi connectivity index (χ2v) is 7.93. The molecule has 1 aromatic carbocycles. The van der Waals surface area contributed by atoms with Crippen molar-refractivity contribution in [3.63, 3.8) is 0 Å². The van der Waals surface area contributed by atoms with Crippen LogP contribution in [0.4, 0.5) is 0 Å². The molecule has 1 fully saturated rings. The number of hydrogen-bond donors (Lipinski definition) is 1. The molecule has 2 aliphatic heterocycles. The lowest BCUT2D eigenvalue weighted by Gasteiger charge is -2.32. The van der Waals surface area contributed by atoms with E-state index in [-0.39, 0.29) is 11.8 Å². The van der Waals surface area contributed by atoms with Gasteiger partial charge in [0.1, 0.15) is 5.69 Å². The van der Waals surface area contributed by atoms with E-state index >= 15 is 0 Å². The van der Waals surface area contributed by atoms with Crippen molar-refractivity contribution in [2.24, 2.45) is 0 Å². The first-order chi connectivity index (χ1) is 14.1. The number of nitrogens with zero attached hydrogens (tertiary/aromatic N) is 4. The van der Waals surface area contributed by atoms with Crippen molar-refractivity contribution in [2.75, 3.05) is 39.8 Å². The van der Waals surface area contributed by atoms with Gasteiger partial charge in [-0.25, -0.2) is 4.98 Å². The molecule has 4 rings (SSSR count). The van der Waals surface area contributed by atoms with Gasteiger partial charge in [0.15, 0.2) is 5.82 Å². The Kier molecular flexibility index (Phi) is 5.94. The van der Waals surface area contributed by atoms with Crippen LogP contribution in [-0.2, 0) is 19.4 Å². The molecule has 154 valence electrons. The van der Waals surface area contributed by atoms with Gasteiger partial charge in [-0.2, -0.15) is 0 Å². The summed E-state index contributed by atoms with van der Waals surface area (Å²) in [4.78, 5) is 34.6. The molecule has 1 saturated heterocycles. The Morgan fingerprint density at radius 1 is 1.03 bits per heavy atom. The zero-order chi connectivity index (χ0) is 20.2. The normalized spacial score (nSPS) is 17.1. The van der Waals surface area contributed by atoms with Crippen molar-refractivity contribution in [1.29, 1.82) is 0 Å². The number of aromatic nitrogens is 2. The number of fused-ring (bicyclic) bond motifs is 1. The van der Waals surface area contributed by atoms with Gasteiger partial charge in [-0.3, -0.25) is 9.59 Å². The Morgan fingerprint density at radius 2 is 1.79 bits per heavy atom. The van der Waals surface area contributed by atoms with Crippen molar-refractivity contribution in [3.8, 4) is 0 Å². The SMILES string of the molecule is CN1CCN(C(=O)c2nc(C(=O)NCCc3ccccc3)c3n2CCCC3)CC1. The second-order valence-electron chi connectivity index (χ2n) is 7.93. The highest BCUT2D eigenvalue weighted by Crippen LogP contribution is 2.22. The number of nitrogens with one attached hydrogen (secondary N) is 1. The Morgan fingerprint density at radius 3 is 2.55 bits per heavy atom. The predicted octanol–water partition coefficient (Wildman–Crippen LogP) is 1.58. The maximum absolute atomic E-state index is 13.1. The molecule has 3 heterocycles. The molecule has 7 heteroatoms. The van der Waals surface area contributed by atoms with E-state index in [9.17, 15) is 9.59 Å². The summed E-state index contributed by atoms with van der Waals surface area (Å²) in [5, 5.41) is 2.99. The number of carbonyl (C=O) groups is 2. The van der Waals surface area contributed by atoms with E-state index in [0.29, 0.717) is 31.2 Å². The first-order valence-electron chi connectivity index (χ1n) is 10.5. The minimum Gasteiger partial charge on any atom is -0.350 e. The Bertz CT molecular complexity index is 869. The van der Waals surface area contributed by atoms with E-state index < -0.39 is 0 Å². The summed E-state index contributed by atoms with van der Waals surface area (Å²) in [5.41, 5.74) is 2.52. The third-order valence-corrected chi connectivity index (χ3v) is 5.86. The second kappa shape index (κ2) is 8.78. The van der Waals surface area contributed by atoms with Gasteiger partial charge in [-0.05, 0) is 38.3 Å². The fourth-order valence-corrected chi connectivity index (χ4v) is 4.09. The number of carbonyl (C=O) groups excluding carboxylic acids is 2.